The Kier molecular flexibility index (Phi) is 9.84. The maximum absolute atomic E-state index is 13.6. The third-order valence-electron chi connectivity index (χ3n) is 9.11. The molecule has 6 amide bonds. The van der Waals surface area contributed by atoms with Gasteiger partial charge in [-0.2, -0.15) is 0 Å². The Balaban J connectivity index is 1.06. The smallest absolute Gasteiger partial charge is 0.264 e. The molecule has 2 aromatic carbocycles. The second-order valence-corrected chi connectivity index (χ2v) is 12.7. The minimum absolute atomic E-state index is 0.0916. The molecule has 0 radical (unpaired) electrons. The zero-order valence-electron chi connectivity index (χ0n) is 28.0. The number of nitrogens with one attached hydrogen (secondary N) is 4. The lowest BCUT2D eigenvalue weighted by atomic mass is 10.0. The Morgan fingerprint density at radius 2 is 1.08 bits per heavy atom. The van der Waals surface area contributed by atoms with Gasteiger partial charge < -0.3 is 10.6 Å². The minimum atomic E-state index is -0.897. The van der Waals surface area contributed by atoms with Gasteiger partial charge >= 0.3 is 0 Å². The fourth-order valence-electron chi connectivity index (χ4n) is 6.68. The minimum Gasteiger partial charge on any atom is -0.325 e. The Labute approximate surface area is 290 Å². The van der Waals surface area contributed by atoms with Crippen LogP contribution in [0.15, 0.2) is 46.0 Å². The largest absolute Gasteiger partial charge is 0.325 e. The molecule has 2 atom stereocenters. The molecular weight excluding hydrogens is 660 g/mol. The van der Waals surface area contributed by atoms with Crippen molar-refractivity contribution in [3.8, 4) is 0 Å². The van der Waals surface area contributed by atoms with Crippen molar-refractivity contribution >= 4 is 68.6 Å². The molecule has 4 N–H and O–H groups in total. The van der Waals surface area contributed by atoms with Crippen molar-refractivity contribution in [2.45, 2.75) is 83.7 Å². The maximum atomic E-state index is 13.6. The lowest BCUT2D eigenvalue weighted by Gasteiger charge is -2.24. The molecule has 0 aliphatic carbocycles. The number of amides is 6. The molecule has 2 aromatic heterocycles. The van der Waals surface area contributed by atoms with E-state index in [2.05, 4.69) is 31.2 Å². The number of aryl methyl sites for hydroxylation is 2. The molecule has 2 unspecified atom stereocenters. The van der Waals surface area contributed by atoms with Crippen molar-refractivity contribution < 1.29 is 28.8 Å². The van der Waals surface area contributed by atoms with Crippen LogP contribution in [0.1, 0.15) is 81.5 Å². The number of hydrogen-bond donors (Lipinski definition) is 4. The Morgan fingerprint density at radius 3 is 1.47 bits per heavy atom. The molecule has 0 spiro atoms. The monoisotopic (exact) mass is 696 g/mol. The van der Waals surface area contributed by atoms with Gasteiger partial charge in [0.05, 0.1) is 33.2 Å². The first-order valence-corrected chi connectivity index (χ1v) is 16.7. The van der Waals surface area contributed by atoms with E-state index in [1.54, 1.807) is 50.2 Å². The first-order valence-electron chi connectivity index (χ1n) is 16.7. The third kappa shape index (κ3) is 7.15. The van der Waals surface area contributed by atoms with Gasteiger partial charge in [0.15, 0.2) is 0 Å². The van der Waals surface area contributed by atoms with E-state index in [0.29, 0.717) is 41.9 Å². The van der Waals surface area contributed by atoms with Crippen molar-refractivity contribution in [1.29, 1.82) is 0 Å². The first kappa shape index (κ1) is 34.8. The summed E-state index contributed by atoms with van der Waals surface area (Å²) in [7, 11) is 0. The molecule has 51 heavy (non-hydrogen) atoms. The van der Waals surface area contributed by atoms with Gasteiger partial charge in [-0.3, -0.25) is 58.1 Å². The average Bonchev–Trinajstić information content (AvgIpc) is 3.06. The highest BCUT2D eigenvalue weighted by Gasteiger charge is 2.32. The standard InChI is InChI=1S/C35H36N8O8/c1-18-36-20-8-6-10-22(30(20)34(50)42(18)24-14-16-28(46)40-32(24)48)38-26(44)12-4-3-5-13-27(45)39-23-11-7-9-21-31(23)35(51)43(19(2)37-21)25-15-17-29(47)41-33(25)49/h6-11,24-25H,3-5,12-17H2,1-2H3,(H,38,44)(H,39,45)(H,40,46,48)(H,41,47,49). The number of hydrogen-bond acceptors (Lipinski definition) is 10. The number of benzene rings is 2. The van der Waals surface area contributed by atoms with Gasteiger partial charge in [0, 0.05) is 25.7 Å². The number of fused-ring (bicyclic) bond motifs is 2. The van der Waals surface area contributed by atoms with E-state index in [9.17, 15) is 38.4 Å². The van der Waals surface area contributed by atoms with Gasteiger partial charge in [-0.1, -0.05) is 18.6 Å². The highest BCUT2D eigenvalue weighted by molar-refractivity contribution is 6.03. The van der Waals surface area contributed by atoms with Crippen LogP contribution in [-0.4, -0.2) is 54.5 Å². The van der Waals surface area contributed by atoms with Gasteiger partial charge in [0.25, 0.3) is 11.1 Å². The maximum Gasteiger partial charge on any atom is 0.264 e. The van der Waals surface area contributed by atoms with Gasteiger partial charge in [-0.15, -0.1) is 0 Å². The zero-order valence-corrected chi connectivity index (χ0v) is 28.0. The molecule has 2 aliphatic rings. The van der Waals surface area contributed by atoms with Crippen molar-refractivity contribution in [3.05, 3.63) is 68.8 Å². The molecule has 2 saturated heterocycles. The van der Waals surface area contributed by atoms with Gasteiger partial charge in [-0.05, 0) is 63.8 Å². The van der Waals surface area contributed by atoms with Crippen molar-refractivity contribution in [1.82, 2.24) is 29.7 Å². The van der Waals surface area contributed by atoms with Crippen LogP contribution < -0.4 is 32.4 Å². The van der Waals surface area contributed by atoms with Crippen molar-refractivity contribution in [3.63, 3.8) is 0 Å². The highest BCUT2D eigenvalue weighted by atomic mass is 16.2. The summed E-state index contributed by atoms with van der Waals surface area (Å²) < 4.78 is 2.52. The number of nitrogens with zero attached hydrogens (tertiary/aromatic N) is 4. The number of unbranched alkanes of at least 4 members (excludes halogenated alkanes) is 2. The number of carbonyl (C=O) groups excluding carboxylic acids is 6. The number of rotatable bonds is 10. The number of aromatic nitrogens is 4. The van der Waals surface area contributed by atoms with Gasteiger partial charge in [-0.25, -0.2) is 9.97 Å². The zero-order chi connectivity index (χ0) is 36.4. The van der Waals surface area contributed by atoms with Gasteiger partial charge in [0.1, 0.15) is 23.7 Å². The van der Waals surface area contributed by atoms with Crippen LogP contribution in [0.2, 0.25) is 0 Å². The van der Waals surface area contributed by atoms with E-state index in [1.807, 2.05) is 0 Å². The predicted molar refractivity (Wildman–Crippen MR) is 185 cm³/mol. The molecule has 2 aliphatic heterocycles. The van der Waals surface area contributed by atoms with E-state index >= 15 is 0 Å². The topological polar surface area (TPSA) is 220 Å². The van der Waals surface area contributed by atoms with Gasteiger partial charge in [0.2, 0.25) is 35.4 Å². The van der Waals surface area contributed by atoms with Crippen LogP contribution in [0.25, 0.3) is 21.8 Å². The summed E-state index contributed by atoms with van der Waals surface area (Å²) in [4.78, 5) is 110. The fraction of sp³-hybridized carbons (Fsp3) is 0.371. The third-order valence-corrected chi connectivity index (χ3v) is 9.11. The second kappa shape index (κ2) is 14.4. The molecule has 16 heteroatoms. The Bertz CT molecular complexity index is 2100. The summed E-state index contributed by atoms with van der Waals surface area (Å²) in [5, 5.41) is 10.4. The average molecular weight is 697 g/mol. The molecule has 0 bridgehead atoms. The lowest BCUT2D eigenvalue weighted by molar-refractivity contribution is -0.137. The molecule has 6 rings (SSSR count). The molecule has 4 heterocycles. The Hall–Kier alpha value is -6.06. The van der Waals surface area contributed by atoms with Crippen molar-refractivity contribution in [2.75, 3.05) is 10.6 Å². The number of imide groups is 2. The molecular formula is C35H36N8O8. The molecule has 16 nitrogen and oxygen atoms in total. The summed E-state index contributed by atoms with van der Waals surface area (Å²) in [5.41, 5.74) is 0.231. The molecule has 2 fully saturated rings. The summed E-state index contributed by atoms with van der Waals surface area (Å²) in [6.07, 6.45) is 2.19. The molecule has 264 valence electrons. The van der Waals surface area contributed by atoms with Crippen molar-refractivity contribution in [2.24, 2.45) is 0 Å². The molecule has 0 saturated carbocycles. The summed E-state index contributed by atoms with van der Waals surface area (Å²) in [6, 6.07) is 7.98. The predicted octanol–water partition coefficient (Wildman–Crippen LogP) is 2.21. The fourth-order valence-corrected chi connectivity index (χ4v) is 6.68. The van der Waals surface area contributed by atoms with E-state index in [0.717, 1.165) is 0 Å². The van der Waals surface area contributed by atoms with Crippen LogP contribution in [-0.2, 0) is 28.8 Å². The SMILES string of the molecule is Cc1nc2cccc(NC(=O)CCCCCC(=O)Nc3cccc4nc(C)n(C5CCC(=O)NC5=O)c(=O)c34)c2c(=O)n1C1CCC(=O)NC1=O. The van der Waals surface area contributed by atoms with Crippen LogP contribution in [0.5, 0.6) is 0 Å². The molecule has 4 aromatic rings. The van der Waals surface area contributed by atoms with Crippen LogP contribution in [0.3, 0.4) is 0 Å². The summed E-state index contributed by atoms with van der Waals surface area (Å²) in [6.45, 7) is 3.21. The van der Waals surface area contributed by atoms with E-state index in [-0.39, 0.29) is 72.5 Å². The van der Waals surface area contributed by atoms with Crippen LogP contribution in [0.4, 0.5) is 11.4 Å². The quantitative estimate of drug-likeness (QED) is 0.140. The second-order valence-electron chi connectivity index (χ2n) is 12.7. The van der Waals surface area contributed by atoms with E-state index in [4.69, 9.17) is 0 Å². The first-order chi connectivity index (χ1) is 24.4. The Morgan fingerprint density at radius 1 is 0.667 bits per heavy atom. The summed E-state index contributed by atoms with van der Waals surface area (Å²) >= 11 is 0. The number of anilines is 2. The van der Waals surface area contributed by atoms with Crippen LogP contribution in [0, 0.1) is 13.8 Å². The van der Waals surface area contributed by atoms with E-state index in [1.165, 1.54) is 9.13 Å². The number of piperidine rings is 2. The summed E-state index contributed by atoms with van der Waals surface area (Å²) in [5.74, 6) is -2.02. The van der Waals surface area contributed by atoms with E-state index < -0.39 is 46.8 Å². The normalized spacial score (nSPS) is 17.7. The lowest BCUT2D eigenvalue weighted by Crippen LogP contribution is -2.45. The number of carbonyl (C=O) groups is 6. The highest BCUT2D eigenvalue weighted by Crippen LogP contribution is 2.25. The van der Waals surface area contributed by atoms with Crippen LogP contribution >= 0.6 is 0 Å².